The molecule has 1 rings (SSSR count). The molecule has 3 nitrogen and oxygen atoms in total. The van der Waals surface area contributed by atoms with Crippen molar-refractivity contribution in [2.75, 3.05) is 6.54 Å². The fourth-order valence-corrected chi connectivity index (χ4v) is 1.97. The summed E-state index contributed by atoms with van der Waals surface area (Å²) in [4.78, 5) is 11.1. The Bertz CT molecular complexity index is 390. The van der Waals surface area contributed by atoms with E-state index in [0.717, 1.165) is 12.1 Å². The van der Waals surface area contributed by atoms with E-state index >= 15 is 0 Å². The van der Waals surface area contributed by atoms with Crippen molar-refractivity contribution < 1.29 is 4.79 Å². The molecule has 18 heavy (non-hydrogen) atoms. The van der Waals surface area contributed by atoms with Crippen molar-refractivity contribution in [1.29, 1.82) is 0 Å². The summed E-state index contributed by atoms with van der Waals surface area (Å²) in [7, 11) is 0. The summed E-state index contributed by atoms with van der Waals surface area (Å²) in [6.07, 6.45) is 0.336. The standard InChI is InChI=1S/C15H24N2O/c1-5-17-13(10-14(16)18)11-6-8-12(9-7-11)15(2,3)4/h6-9,13,17H,5,10H2,1-4H3,(H2,16,18). The van der Waals surface area contributed by atoms with E-state index in [9.17, 15) is 4.79 Å². The van der Waals surface area contributed by atoms with Crippen LogP contribution in [-0.2, 0) is 10.2 Å². The summed E-state index contributed by atoms with van der Waals surface area (Å²) >= 11 is 0. The molecule has 0 bridgehead atoms. The molecule has 0 aliphatic heterocycles. The molecular weight excluding hydrogens is 224 g/mol. The Hall–Kier alpha value is -1.35. The highest BCUT2D eigenvalue weighted by Crippen LogP contribution is 2.24. The van der Waals surface area contributed by atoms with Gasteiger partial charge < -0.3 is 11.1 Å². The number of rotatable bonds is 5. The monoisotopic (exact) mass is 248 g/mol. The summed E-state index contributed by atoms with van der Waals surface area (Å²) in [6.45, 7) is 9.41. The third-order valence-corrected chi connectivity index (χ3v) is 3.03. The van der Waals surface area contributed by atoms with Crippen LogP contribution >= 0.6 is 0 Å². The third-order valence-electron chi connectivity index (χ3n) is 3.03. The van der Waals surface area contributed by atoms with Crippen LogP contribution in [0.2, 0.25) is 0 Å². The minimum Gasteiger partial charge on any atom is -0.370 e. The van der Waals surface area contributed by atoms with Crippen molar-refractivity contribution in [2.45, 2.75) is 45.6 Å². The van der Waals surface area contributed by atoms with Crippen molar-refractivity contribution in [3.05, 3.63) is 35.4 Å². The number of nitrogens with one attached hydrogen (secondary N) is 1. The van der Waals surface area contributed by atoms with Gasteiger partial charge in [-0.3, -0.25) is 4.79 Å². The summed E-state index contributed by atoms with van der Waals surface area (Å²) in [5.74, 6) is -0.277. The molecule has 1 atom stereocenters. The van der Waals surface area contributed by atoms with Gasteiger partial charge in [0, 0.05) is 12.5 Å². The van der Waals surface area contributed by atoms with E-state index in [4.69, 9.17) is 5.73 Å². The molecule has 1 aromatic carbocycles. The van der Waals surface area contributed by atoms with Gasteiger partial charge in [0.2, 0.25) is 5.91 Å². The smallest absolute Gasteiger partial charge is 0.219 e. The van der Waals surface area contributed by atoms with Crippen molar-refractivity contribution >= 4 is 5.91 Å². The van der Waals surface area contributed by atoms with Crippen LogP contribution in [-0.4, -0.2) is 12.5 Å². The first-order valence-electron chi connectivity index (χ1n) is 6.46. The number of amides is 1. The summed E-state index contributed by atoms with van der Waals surface area (Å²) < 4.78 is 0. The van der Waals surface area contributed by atoms with Gasteiger partial charge in [-0.25, -0.2) is 0 Å². The van der Waals surface area contributed by atoms with Gasteiger partial charge in [0.25, 0.3) is 0 Å². The molecule has 3 N–H and O–H groups in total. The van der Waals surface area contributed by atoms with Crippen LogP contribution in [0.3, 0.4) is 0 Å². The first kappa shape index (κ1) is 14.7. The molecule has 1 unspecified atom stereocenters. The van der Waals surface area contributed by atoms with Gasteiger partial charge in [0.15, 0.2) is 0 Å². The molecule has 0 saturated carbocycles. The Morgan fingerprint density at radius 3 is 2.22 bits per heavy atom. The molecule has 0 aromatic heterocycles. The van der Waals surface area contributed by atoms with Crippen LogP contribution < -0.4 is 11.1 Å². The first-order chi connectivity index (χ1) is 8.34. The Labute approximate surface area is 110 Å². The molecule has 0 fully saturated rings. The van der Waals surface area contributed by atoms with Crippen LogP contribution in [0.1, 0.15) is 51.3 Å². The Morgan fingerprint density at radius 2 is 1.83 bits per heavy atom. The van der Waals surface area contributed by atoms with E-state index in [0.29, 0.717) is 6.42 Å². The maximum Gasteiger partial charge on any atom is 0.219 e. The average molecular weight is 248 g/mol. The van der Waals surface area contributed by atoms with Crippen LogP contribution in [0.15, 0.2) is 24.3 Å². The number of hydrogen-bond donors (Lipinski definition) is 2. The van der Waals surface area contributed by atoms with Crippen molar-refractivity contribution in [1.82, 2.24) is 5.32 Å². The van der Waals surface area contributed by atoms with Gasteiger partial charge in [0.05, 0.1) is 0 Å². The van der Waals surface area contributed by atoms with Crippen LogP contribution in [0.25, 0.3) is 0 Å². The molecule has 0 heterocycles. The number of primary amides is 1. The molecule has 0 saturated heterocycles. The topological polar surface area (TPSA) is 55.1 Å². The lowest BCUT2D eigenvalue weighted by molar-refractivity contribution is -0.118. The largest absolute Gasteiger partial charge is 0.370 e. The summed E-state index contributed by atoms with van der Waals surface area (Å²) in [5.41, 5.74) is 7.84. The van der Waals surface area contributed by atoms with Gasteiger partial charge in [-0.2, -0.15) is 0 Å². The van der Waals surface area contributed by atoms with E-state index in [-0.39, 0.29) is 17.4 Å². The van der Waals surface area contributed by atoms with Crippen LogP contribution in [0, 0.1) is 0 Å². The summed E-state index contributed by atoms with van der Waals surface area (Å²) in [6, 6.07) is 8.43. The third kappa shape index (κ3) is 4.15. The average Bonchev–Trinajstić information content (AvgIpc) is 2.27. The van der Waals surface area contributed by atoms with E-state index in [1.54, 1.807) is 0 Å². The number of carbonyl (C=O) groups excluding carboxylic acids is 1. The predicted molar refractivity (Wildman–Crippen MR) is 75.4 cm³/mol. The fraction of sp³-hybridized carbons (Fsp3) is 0.533. The van der Waals surface area contributed by atoms with Crippen molar-refractivity contribution in [3.63, 3.8) is 0 Å². The highest BCUT2D eigenvalue weighted by atomic mass is 16.1. The Kier molecular flexibility index (Phi) is 4.91. The van der Waals surface area contributed by atoms with Gasteiger partial charge in [-0.1, -0.05) is 52.0 Å². The molecule has 1 aromatic rings. The van der Waals surface area contributed by atoms with Crippen LogP contribution in [0.5, 0.6) is 0 Å². The molecule has 0 spiro atoms. The predicted octanol–water partition coefficient (Wildman–Crippen LogP) is 2.51. The zero-order valence-corrected chi connectivity index (χ0v) is 11.8. The maximum atomic E-state index is 11.1. The molecular formula is C15H24N2O. The molecule has 1 amide bonds. The van der Waals surface area contributed by atoms with Gasteiger partial charge in [0.1, 0.15) is 0 Å². The highest BCUT2D eigenvalue weighted by molar-refractivity contribution is 5.74. The second kappa shape index (κ2) is 6.01. The zero-order valence-electron chi connectivity index (χ0n) is 11.8. The molecule has 100 valence electrons. The maximum absolute atomic E-state index is 11.1. The Balaban J connectivity index is 2.90. The van der Waals surface area contributed by atoms with E-state index in [1.807, 2.05) is 6.92 Å². The molecule has 0 aliphatic rings. The van der Waals surface area contributed by atoms with Crippen LogP contribution in [0.4, 0.5) is 0 Å². The second-order valence-corrected chi connectivity index (χ2v) is 5.65. The first-order valence-corrected chi connectivity index (χ1v) is 6.46. The quantitative estimate of drug-likeness (QED) is 0.841. The Morgan fingerprint density at radius 1 is 1.28 bits per heavy atom. The lowest BCUT2D eigenvalue weighted by Gasteiger charge is -2.21. The zero-order chi connectivity index (χ0) is 13.8. The lowest BCUT2D eigenvalue weighted by Crippen LogP contribution is -2.26. The summed E-state index contributed by atoms with van der Waals surface area (Å²) in [5, 5.41) is 3.29. The van der Waals surface area contributed by atoms with Crippen molar-refractivity contribution in [3.8, 4) is 0 Å². The highest BCUT2D eigenvalue weighted by Gasteiger charge is 2.16. The van der Waals surface area contributed by atoms with Crippen molar-refractivity contribution in [2.24, 2.45) is 5.73 Å². The van der Waals surface area contributed by atoms with E-state index in [1.165, 1.54) is 5.56 Å². The van der Waals surface area contributed by atoms with Gasteiger partial charge >= 0.3 is 0 Å². The fourth-order valence-electron chi connectivity index (χ4n) is 1.97. The number of nitrogens with two attached hydrogens (primary N) is 1. The molecule has 0 aliphatic carbocycles. The lowest BCUT2D eigenvalue weighted by atomic mass is 9.86. The SMILES string of the molecule is CCNC(CC(N)=O)c1ccc(C(C)(C)C)cc1. The normalized spacial score (nSPS) is 13.3. The number of hydrogen-bond acceptors (Lipinski definition) is 2. The number of carbonyl (C=O) groups is 1. The minimum absolute atomic E-state index is 0.0153. The van der Waals surface area contributed by atoms with E-state index < -0.39 is 0 Å². The van der Waals surface area contributed by atoms with Gasteiger partial charge in [-0.15, -0.1) is 0 Å². The van der Waals surface area contributed by atoms with E-state index in [2.05, 4.69) is 50.4 Å². The molecule has 3 heteroatoms. The molecule has 0 radical (unpaired) electrons. The number of benzene rings is 1. The van der Waals surface area contributed by atoms with Gasteiger partial charge in [-0.05, 0) is 23.1 Å². The minimum atomic E-state index is -0.277. The second-order valence-electron chi connectivity index (χ2n) is 5.65.